The van der Waals surface area contributed by atoms with Gasteiger partial charge in [0.15, 0.2) is 16.9 Å². The highest BCUT2D eigenvalue weighted by Gasteiger charge is 2.44. The Morgan fingerprint density at radius 3 is 2.46 bits per heavy atom. The van der Waals surface area contributed by atoms with Crippen LogP contribution in [-0.4, -0.2) is 19.6 Å². The summed E-state index contributed by atoms with van der Waals surface area (Å²) in [5.41, 5.74) is 4.12. The number of para-hydroxylation sites is 1. The minimum atomic E-state index is -0.677. The Morgan fingerprint density at radius 2 is 1.73 bits per heavy atom. The number of methoxy groups -OCH3 is 1. The third kappa shape index (κ3) is 4.37. The molecule has 1 aliphatic heterocycles. The number of rotatable bonds is 7. The third-order valence-corrected chi connectivity index (χ3v) is 7.00. The quantitative estimate of drug-likeness (QED) is 0.288. The molecule has 2 heterocycles. The van der Waals surface area contributed by atoms with Crippen LogP contribution in [0.5, 0.6) is 11.5 Å². The van der Waals surface area contributed by atoms with Gasteiger partial charge in [-0.1, -0.05) is 38.1 Å². The summed E-state index contributed by atoms with van der Waals surface area (Å²) < 4.78 is 17.7. The van der Waals surface area contributed by atoms with Crippen molar-refractivity contribution in [3.05, 3.63) is 98.9 Å². The Kier molecular flexibility index (Phi) is 6.50. The number of hydrogen-bond donors (Lipinski definition) is 0. The van der Waals surface area contributed by atoms with Crippen molar-refractivity contribution in [2.45, 2.75) is 40.2 Å². The summed E-state index contributed by atoms with van der Waals surface area (Å²) in [6.45, 7) is 8.90. The maximum Gasteiger partial charge on any atom is 0.295 e. The molecule has 37 heavy (non-hydrogen) atoms. The summed E-state index contributed by atoms with van der Waals surface area (Å²) in [6.07, 6.45) is 0.921. The topological polar surface area (TPSA) is 69.0 Å². The molecule has 0 saturated carbocycles. The maximum atomic E-state index is 13.8. The van der Waals surface area contributed by atoms with Crippen LogP contribution in [0.2, 0.25) is 0 Å². The lowest BCUT2D eigenvalue weighted by molar-refractivity contribution is 0.0971. The van der Waals surface area contributed by atoms with E-state index in [2.05, 4.69) is 13.8 Å². The van der Waals surface area contributed by atoms with Gasteiger partial charge in [0.1, 0.15) is 5.58 Å². The van der Waals surface area contributed by atoms with Gasteiger partial charge in [-0.25, -0.2) is 0 Å². The summed E-state index contributed by atoms with van der Waals surface area (Å²) >= 11 is 0. The first kappa shape index (κ1) is 24.6. The van der Waals surface area contributed by atoms with Gasteiger partial charge in [0.2, 0.25) is 5.76 Å². The normalized spacial score (nSPS) is 14.9. The van der Waals surface area contributed by atoms with Crippen molar-refractivity contribution in [2.75, 3.05) is 18.6 Å². The number of aryl methyl sites for hydroxylation is 2. The van der Waals surface area contributed by atoms with Gasteiger partial charge < -0.3 is 13.9 Å². The van der Waals surface area contributed by atoms with E-state index >= 15 is 0 Å². The first-order valence-electron chi connectivity index (χ1n) is 12.6. The number of ether oxygens (including phenoxy) is 2. The lowest BCUT2D eigenvalue weighted by atomic mass is 9.97. The SMILES string of the molecule is COc1cc(C2c3c(oc4ccccc4c3=O)C(=O)N2c2ccc(C)c(C)c2)ccc1OCCC(C)C. The highest BCUT2D eigenvalue weighted by molar-refractivity contribution is 6.10. The minimum absolute atomic E-state index is 0.0724. The molecule has 0 N–H and O–H groups in total. The molecule has 1 unspecified atom stereocenters. The Labute approximate surface area is 216 Å². The molecular weight excluding hydrogens is 466 g/mol. The van der Waals surface area contributed by atoms with Crippen LogP contribution in [0.1, 0.15) is 59.1 Å². The molecule has 5 rings (SSSR count). The van der Waals surface area contributed by atoms with Crippen molar-refractivity contribution < 1.29 is 18.7 Å². The van der Waals surface area contributed by atoms with Crippen molar-refractivity contribution in [2.24, 2.45) is 5.92 Å². The molecular formula is C31H31NO5. The van der Waals surface area contributed by atoms with Crippen LogP contribution in [-0.2, 0) is 0 Å². The van der Waals surface area contributed by atoms with Crippen molar-refractivity contribution in [1.29, 1.82) is 0 Å². The number of benzene rings is 3. The molecule has 4 aromatic rings. The number of fused-ring (bicyclic) bond motifs is 2. The molecule has 6 heteroatoms. The summed E-state index contributed by atoms with van der Waals surface area (Å²) in [7, 11) is 1.59. The Morgan fingerprint density at radius 1 is 0.946 bits per heavy atom. The van der Waals surface area contributed by atoms with Crippen LogP contribution in [0.3, 0.4) is 0 Å². The fraction of sp³-hybridized carbons (Fsp3) is 0.290. The van der Waals surface area contributed by atoms with E-state index in [0.717, 1.165) is 23.1 Å². The lowest BCUT2D eigenvalue weighted by Crippen LogP contribution is -2.29. The van der Waals surface area contributed by atoms with E-state index in [4.69, 9.17) is 13.9 Å². The van der Waals surface area contributed by atoms with Crippen molar-refractivity contribution >= 4 is 22.6 Å². The molecule has 0 aliphatic carbocycles. The predicted molar refractivity (Wildman–Crippen MR) is 145 cm³/mol. The lowest BCUT2D eigenvalue weighted by Gasteiger charge is -2.26. The molecule has 190 valence electrons. The third-order valence-electron chi connectivity index (χ3n) is 7.00. The molecule has 0 fully saturated rings. The monoisotopic (exact) mass is 497 g/mol. The first-order chi connectivity index (χ1) is 17.8. The molecule has 1 aromatic heterocycles. The summed E-state index contributed by atoms with van der Waals surface area (Å²) in [4.78, 5) is 29.3. The zero-order valence-electron chi connectivity index (χ0n) is 21.8. The number of carbonyl (C=O) groups is 1. The predicted octanol–water partition coefficient (Wildman–Crippen LogP) is 6.59. The largest absolute Gasteiger partial charge is 0.493 e. The van der Waals surface area contributed by atoms with Crippen LogP contribution >= 0.6 is 0 Å². The number of amides is 1. The zero-order valence-corrected chi connectivity index (χ0v) is 21.8. The van der Waals surface area contributed by atoms with E-state index < -0.39 is 6.04 Å². The van der Waals surface area contributed by atoms with Crippen LogP contribution in [0.4, 0.5) is 5.69 Å². The van der Waals surface area contributed by atoms with Gasteiger partial charge >= 0.3 is 0 Å². The number of anilines is 1. The van der Waals surface area contributed by atoms with Crippen molar-refractivity contribution in [3.8, 4) is 11.5 Å². The molecule has 6 nitrogen and oxygen atoms in total. The molecule has 3 aromatic carbocycles. The Hall–Kier alpha value is -4.06. The van der Waals surface area contributed by atoms with Gasteiger partial charge in [0.25, 0.3) is 5.91 Å². The number of hydrogen-bond acceptors (Lipinski definition) is 5. The smallest absolute Gasteiger partial charge is 0.295 e. The second-order valence-corrected chi connectivity index (χ2v) is 9.96. The fourth-order valence-corrected chi connectivity index (χ4v) is 4.75. The van der Waals surface area contributed by atoms with Crippen LogP contribution in [0.25, 0.3) is 11.0 Å². The summed E-state index contributed by atoms with van der Waals surface area (Å²) in [6, 6.07) is 17.8. The second kappa shape index (κ2) is 9.77. The van der Waals surface area contributed by atoms with Crippen LogP contribution in [0, 0.1) is 19.8 Å². The van der Waals surface area contributed by atoms with E-state index in [1.54, 1.807) is 36.3 Å². The van der Waals surface area contributed by atoms with Crippen LogP contribution in [0.15, 0.2) is 69.9 Å². The highest BCUT2D eigenvalue weighted by Crippen LogP contribution is 2.43. The molecule has 0 spiro atoms. The van der Waals surface area contributed by atoms with Gasteiger partial charge in [-0.05, 0) is 79.3 Å². The summed E-state index contributed by atoms with van der Waals surface area (Å²) in [5.74, 6) is 1.42. The minimum Gasteiger partial charge on any atom is -0.493 e. The van der Waals surface area contributed by atoms with Gasteiger partial charge in [0.05, 0.1) is 30.7 Å². The highest BCUT2D eigenvalue weighted by atomic mass is 16.5. The molecule has 1 amide bonds. The molecule has 0 radical (unpaired) electrons. The van der Waals surface area contributed by atoms with E-state index in [1.807, 2.05) is 50.2 Å². The molecule has 1 aliphatic rings. The van der Waals surface area contributed by atoms with Crippen LogP contribution < -0.4 is 19.8 Å². The zero-order chi connectivity index (χ0) is 26.3. The van der Waals surface area contributed by atoms with Crippen molar-refractivity contribution in [3.63, 3.8) is 0 Å². The van der Waals surface area contributed by atoms with Gasteiger partial charge in [-0.2, -0.15) is 0 Å². The van der Waals surface area contributed by atoms with Gasteiger partial charge in [-0.15, -0.1) is 0 Å². The van der Waals surface area contributed by atoms with E-state index in [0.29, 0.717) is 46.2 Å². The molecule has 0 bridgehead atoms. The van der Waals surface area contributed by atoms with Gasteiger partial charge in [0, 0.05) is 5.69 Å². The first-order valence-corrected chi connectivity index (χ1v) is 12.6. The average Bonchev–Trinajstić information content (AvgIpc) is 3.18. The number of carbonyl (C=O) groups excluding carboxylic acids is 1. The molecule has 1 atom stereocenters. The van der Waals surface area contributed by atoms with E-state index in [-0.39, 0.29) is 17.1 Å². The summed E-state index contributed by atoms with van der Waals surface area (Å²) in [5, 5.41) is 0.446. The van der Waals surface area contributed by atoms with E-state index in [9.17, 15) is 9.59 Å². The Bertz CT molecular complexity index is 1550. The standard InChI is InChI=1S/C31H31NO5/c1-18(2)14-15-36-25-13-11-21(17-26(25)35-5)28-27-29(33)23-8-6-7-9-24(23)37-30(27)31(34)32(28)22-12-10-19(3)20(4)16-22/h6-13,16-18,28H,14-15H2,1-5H3. The average molecular weight is 498 g/mol. The molecule has 0 saturated heterocycles. The van der Waals surface area contributed by atoms with Crippen molar-refractivity contribution in [1.82, 2.24) is 0 Å². The van der Waals surface area contributed by atoms with Gasteiger partial charge in [-0.3, -0.25) is 14.5 Å². The fourth-order valence-electron chi connectivity index (χ4n) is 4.75. The Balaban J connectivity index is 1.68. The second-order valence-electron chi connectivity index (χ2n) is 9.96. The number of nitrogens with zero attached hydrogens (tertiary/aromatic N) is 1. The maximum absolute atomic E-state index is 13.8. The van der Waals surface area contributed by atoms with E-state index in [1.165, 1.54) is 0 Å².